The summed E-state index contributed by atoms with van der Waals surface area (Å²) in [5.41, 5.74) is 1.35. The average molecular weight is 294 g/mol. The second kappa shape index (κ2) is 7.21. The summed E-state index contributed by atoms with van der Waals surface area (Å²) in [7, 11) is -3.05. The molecule has 0 amide bonds. The average Bonchev–Trinajstić information content (AvgIpc) is 2.49. The van der Waals surface area contributed by atoms with Crippen molar-refractivity contribution in [2.24, 2.45) is 0 Å². The Morgan fingerprint density at radius 2 is 1.80 bits per heavy atom. The van der Waals surface area contributed by atoms with Gasteiger partial charge in [0.05, 0.1) is 13.2 Å². The van der Waals surface area contributed by atoms with E-state index in [-0.39, 0.29) is 0 Å². The maximum atomic E-state index is 12.7. The second-order valence-electron chi connectivity index (χ2n) is 4.91. The van der Waals surface area contributed by atoms with Crippen LogP contribution in [-0.2, 0) is 13.6 Å². The highest BCUT2D eigenvalue weighted by Gasteiger charge is 2.32. The molecule has 0 spiro atoms. The van der Waals surface area contributed by atoms with Crippen LogP contribution in [0, 0.1) is 0 Å². The summed E-state index contributed by atoms with van der Waals surface area (Å²) in [5, 5.41) is 0.855. The fourth-order valence-electron chi connectivity index (χ4n) is 2.64. The van der Waals surface area contributed by atoms with Crippen molar-refractivity contribution in [3.05, 3.63) is 47.3 Å². The highest BCUT2D eigenvalue weighted by atomic mass is 31.2. The Balaban J connectivity index is 2.10. The van der Waals surface area contributed by atoms with Crippen LogP contribution in [0.15, 0.2) is 41.7 Å². The van der Waals surface area contributed by atoms with Crippen LogP contribution in [0.1, 0.15) is 44.6 Å². The molecule has 0 aliphatic heterocycles. The van der Waals surface area contributed by atoms with Crippen LogP contribution in [-0.4, -0.2) is 13.2 Å². The Labute approximate surface area is 121 Å². The van der Waals surface area contributed by atoms with Crippen molar-refractivity contribution in [3.8, 4) is 0 Å². The summed E-state index contributed by atoms with van der Waals surface area (Å²) >= 11 is 0. The quantitative estimate of drug-likeness (QED) is 0.684. The fourth-order valence-corrected chi connectivity index (χ4v) is 4.46. The zero-order valence-corrected chi connectivity index (χ0v) is 13.1. The van der Waals surface area contributed by atoms with E-state index in [0.29, 0.717) is 19.1 Å². The first-order chi connectivity index (χ1) is 9.69. The van der Waals surface area contributed by atoms with Crippen molar-refractivity contribution in [3.63, 3.8) is 0 Å². The standard InChI is InChI=1S/C16H23O3P/c1-3-18-20(17,19-4-2)16-12-10-15(11-13-16)14-8-6-5-7-9-14/h5-9,12,15H,3-4,10-11,13H2,1-2H3. The Bertz CT molecular complexity index is 486. The third-order valence-electron chi connectivity index (χ3n) is 3.61. The summed E-state index contributed by atoms with van der Waals surface area (Å²) < 4.78 is 23.5. The zero-order chi connectivity index (χ0) is 14.4. The highest BCUT2D eigenvalue weighted by molar-refractivity contribution is 7.58. The number of hydrogen-bond donors (Lipinski definition) is 0. The van der Waals surface area contributed by atoms with Crippen molar-refractivity contribution in [1.29, 1.82) is 0 Å². The molecule has 1 aliphatic rings. The first kappa shape index (κ1) is 15.5. The van der Waals surface area contributed by atoms with Crippen LogP contribution in [0.5, 0.6) is 0 Å². The monoisotopic (exact) mass is 294 g/mol. The van der Waals surface area contributed by atoms with Crippen molar-refractivity contribution < 1.29 is 13.6 Å². The fraction of sp³-hybridized carbons (Fsp3) is 0.500. The normalized spacial score (nSPS) is 19.7. The predicted octanol–water partition coefficient (Wildman–Crippen LogP) is 5.10. The van der Waals surface area contributed by atoms with E-state index in [0.717, 1.165) is 24.6 Å². The molecule has 0 heterocycles. The molecule has 1 aliphatic carbocycles. The molecule has 0 fully saturated rings. The van der Waals surface area contributed by atoms with Gasteiger partial charge in [-0.05, 0) is 44.6 Å². The van der Waals surface area contributed by atoms with E-state index in [2.05, 4.69) is 30.3 Å². The maximum absolute atomic E-state index is 12.7. The molecule has 1 aromatic carbocycles. The SMILES string of the molecule is CCOP(=O)(OCC)C1=CCC(c2ccccc2)CC1. The topological polar surface area (TPSA) is 35.5 Å². The Hall–Kier alpha value is -0.890. The van der Waals surface area contributed by atoms with Gasteiger partial charge in [0.15, 0.2) is 0 Å². The minimum absolute atomic E-state index is 0.413. The van der Waals surface area contributed by atoms with Crippen molar-refractivity contribution >= 4 is 7.60 Å². The minimum Gasteiger partial charge on any atom is -0.306 e. The van der Waals surface area contributed by atoms with Gasteiger partial charge in [0.25, 0.3) is 0 Å². The van der Waals surface area contributed by atoms with Crippen LogP contribution in [0.3, 0.4) is 0 Å². The Kier molecular flexibility index (Phi) is 5.59. The lowest BCUT2D eigenvalue weighted by Gasteiger charge is -2.26. The number of allylic oxidation sites excluding steroid dienone is 2. The summed E-state index contributed by atoms with van der Waals surface area (Å²) in [5.74, 6) is 0.511. The summed E-state index contributed by atoms with van der Waals surface area (Å²) in [6.07, 6.45) is 4.76. The highest BCUT2D eigenvalue weighted by Crippen LogP contribution is 2.59. The van der Waals surface area contributed by atoms with Gasteiger partial charge in [-0.1, -0.05) is 36.4 Å². The predicted molar refractivity (Wildman–Crippen MR) is 82.0 cm³/mol. The molecule has 1 atom stereocenters. The zero-order valence-electron chi connectivity index (χ0n) is 12.2. The summed E-state index contributed by atoms with van der Waals surface area (Å²) in [6, 6.07) is 10.5. The Morgan fingerprint density at radius 3 is 2.30 bits per heavy atom. The number of rotatable bonds is 6. The first-order valence-electron chi connectivity index (χ1n) is 7.33. The lowest BCUT2D eigenvalue weighted by molar-refractivity contribution is 0.224. The minimum atomic E-state index is -3.05. The van der Waals surface area contributed by atoms with Crippen LogP contribution in [0.2, 0.25) is 0 Å². The molecular formula is C16H23O3P. The van der Waals surface area contributed by atoms with Gasteiger partial charge in [-0.2, -0.15) is 0 Å². The lowest BCUT2D eigenvalue weighted by Crippen LogP contribution is -2.07. The largest absolute Gasteiger partial charge is 0.356 e. The molecular weight excluding hydrogens is 271 g/mol. The molecule has 1 aromatic rings. The van der Waals surface area contributed by atoms with E-state index in [9.17, 15) is 4.57 Å². The van der Waals surface area contributed by atoms with Gasteiger partial charge in [-0.3, -0.25) is 4.57 Å². The lowest BCUT2D eigenvalue weighted by atomic mass is 9.88. The van der Waals surface area contributed by atoms with Crippen molar-refractivity contribution in [2.75, 3.05) is 13.2 Å². The van der Waals surface area contributed by atoms with Gasteiger partial charge in [0.2, 0.25) is 0 Å². The summed E-state index contributed by atoms with van der Waals surface area (Å²) in [4.78, 5) is 0. The molecule has 2 rings (SSSR count). The van der Waals surface area contributed by atoms with E-state index in [1.165, 1.54) is 5.56 Å². The first-order valence-corrected chi connectivity index (χ1v) is 8.87. The molecule has 0 saturated carbocycles. The van der Waals surface area contributed by atoms with Crippen LogP contribution in [0.4, 0.5) is 0 Å². The van der Waals surface area contributed by atoms with Crippen molar-refractivity contribution in [1.82, 2.24) is 0 Å². The van der Waals surface area contributed by atoms with Crippen LogP contribution >= 0.6 is 7.60 Å². The van der Waals surface area contributed by atoms with Gasteiger partial charge < -0.3 is 9.05 Å². The molecule has 20 heavy (non-hydrogen) atoms. The van der Waals surface area contributed by atoms with Crippen LogP contribution < -0.4 is 0 Å². The van der Waals surface area contributed by atoms with E-state index in [1.807, 2.05) is 19.9 Å². The van der Waals surface area contributed by atoms with Crippen molar-refractivity contribution in [2.45, 2.75) is 39.0 Å². The molecule has 0 saturated heterocycles. The molecule has 3 nitrogen and oxygen atoms in total. The Morgan fingerprint density at radius 1 is 1.15 bits per heavy atom. The molecule has 0 radical (unpaired) electrons. The number of hydrogen-bond acceptors (Lipinski definition) is 3. The van der Waals surface area contributed by atoms with Gasteiger partial charge in [0, 0.05) is 5.31 Å². The molecule has 0 bridgehead atoms. The number of benzene rings is 1. The molecule has 110 valence electrons. The van der Waals surface area contributed by atoms with E-state index in [4.69, 9.17) is 9.05 Å². The van der Waals surface area contributed by atoms with Crippen LogP contribution in [0.25, 0.3) is 0 Å². The molecule has 4 heteroatoms. The second-order valence-corrected chi connectivity index (χ2v) is 7.00. The van der Waals surface area contributed by atoms with Gasteiger partial charge in [0.1, 0.15) is 0 Å². The smallest absolute Gasteiger partial charge is 0.306 e. The summed E-state index contributed by atoms with van der Waals surface area (Å²) in [6.45, 7) is 4.52. The molecule has 0 N–H and O–H groups in total. The maximum Gasteiger partial charge on any atom is 0.356 e. The van der Waals surface area contributed by atoms with Gasteiger partial charge >= 0.3 is 7.60 Å². The van der Waals surface area contributed by atoms with E-state index in [1.54, 1.807) is 0 Å². The van der Waals surface area contributed by atoms with E-state index >= 15 is 0 Å². The van der Waals surface area contributed by atoms with Gasteiger partial charge in [-0.25, -0.2) is 0 Å². The third kappa shape index (κ3) is 3.60. The third-order valence-corrected chi connectivity index (χ3v) is 5.91. The molecule has 0 aromatic heterocycles. The van der Waals surface area contributed by atoms with Gasteiger partial charge in [-0.15, -0.1) is 0 Å². The van der Waals surface area contributed by atoms with E-state index < -0.39 is 7.60 Å². The molecule has 1 unspecified atom stereocenters.